The smallest absolute Gasteiger partial charge is 0.249 e. The van der Waals surface area contributed by atoms with Gasteiger partial charge in [-0.2, -0.15) is 5.26 Å². The number of benzene rings is 1. The number of aryl methyl sites for hydroxylation is 1. The van der Waals surface area contributed by atoms with Crippen LogP contribution in [0.1, 0.15) is 34.4 Å². The third-order valence-corrected chi connectivity index (χ3v) is 5.83. The minimum atomic E-state index is -0.222. The van der Waals surface area contributed by atoms with Gasteiger partial charge < -0.3 is 10.1 Å². The van der Waals surface area contributed by atoms with Crippen LogP contribution in [0, 0.1) is 11.3 Å². The Hall–Kier alpha value is -2.84. The van der Waals surface area contributed by atoms with Crippen molar-refractivity contribution in [3.63, 3.8) is 0 Å². The van der Waals surface area contributed by atoms with Crippen molar-refractivity contribution in [2.75, 3.05) is 11.9 Å². The van der Waals surface area contributed by atoms with Crippen LogP contribution >= 0.6 is 11.3 Å². The maximum absolute atomic E-state index is 12.3. The predicted molar refractivity (Wildman–Crippen MR) is 103 cm³/mol. The van der Waals surface area contributed by atoms with Crippen LogP contribution in [0.15, 0.2) is 42.0 Å². The number of hydrogen-bond acceptors (Lipinski definition) is 4. The van der Waals surface area contributed by atoms with Gasteiger partial charge in [0.05, 0.1) is 5.56 Å². The Morgan fingerprint density at radius 3 is 3.00 bits per heavy atom. The van der Waals surface area contributed by atoms with Gasteiger partial charge in [-0.1, -0.05) is 24.3 Å². The molecule has 1 N–H and O–H groups in total. The molecular formula is C21H18N2O2S. The van der Waals surface area contributed by atoms with E-state index < -0.39 is 0 Å². The van der Waals surface area contributed by atoms with Crippen molar-refractivity contribution in [1.29, 1.82) is 5.26 Å². The Labute approximate surface area is 156 Å². The molecule has 4 nitrogen and oxygen atoms in total. The Morgan fingerprint density at radius 2 is 2.12 bits per heavy atom. The van der Waals surface area contributed by atoms with Crippen molar-refractivity contribution in [1.82, 2.24) is 0 Å². The summed E-state index contributed by atoms with van der Waals surface area (Å²) >= 11 is 1.54. The Kier molecular flexibility index (Phi) is 4.59. The average Bonchev–Trinajstić information content (AvgIpc) is 3.03. The molecule has 0 bridgehead atoms. The predicted octanol–water partition coefficient (Wildman–Crippen LogP) is 4.47. The van der Waals surface area contributed by atoms with Crippen LogP contribution in [0.5, 0.6) is 5.75 Å². The molecule has 0 saturated carbocycles. The van der Waals surface area contributed by atoms with E-state index in [1.54, 1.807) is 6.08 Å². The maximum atomic E-state index is 12.3. The minimum Gasteiger partial charge on any atom is -0.488 e. The number of nitriles is 1. The number of anilines is 1. The van der Waals surface area contributed by atoms with Crippen molar-refractivity contribution in [3.05, 3.63) is 63.6 Å². The second-order valence-corrected chi connectivity index (χ2v) is 7.50. The zero-order chi connectivity index (χ0) is 17.9. The van der Waals surface area contributed by atoms with Crippen molar-refractivity contribution >= 4 is 28.3 Å². The molecular weight excluding hydrogens is 344 g/mol. The normalized spacial score (nSPS) is 15.4. The lowest BCUT2D eigenvalue weighted by molar-refractivity contribution is -0.111. The van der Waals surface area contributed by atoms with Crippen LogP contribution in [0.4, 0.5) is 5.00 Å². The number of para-hydroxylation sites is 1. The van der Waals surface area contributed by atoms with Gasteiger partial charge in [-0.15, -0.1) is 11.3 Å². The number of nitrogens with one attached hydrogen (secondary N) is 1. The van der Waals surface area contributed by atoms with Gasteiger partial charge in [0, 0.05) is 16.5 Å². The molecule has 26 heavy (non-hydrogen) atoms. The van der Waals surface area contributed by atoms with Crippen LogP contribution in [0.25, 0.3) is 6.08 Å². The van der Waals surface area contributed by atoms with Crippen LogP contribution in [-0.2, 0) is 17.6 Å². The van der Waals surface area contributed by atoms with E-state index in [1.807, 2.05) is 30.3 Å². The first-order valence-electron chi connectivity index (χ1n) is 8.70. The monoisotopic (exact) mass is 362 g/mol. The molecule has 1 aromatic heterocycles. The molecule has 0 unspecified atom stereocenters. The number of carbonyl (C=O) groups is 1. The van der Waals surface area contributed by atoms with E-state index in [2.05, 4.69) is 11.4 Å². The molecule has 2 aromatic rings. The lowest BCUT2D eigenvalue weighted by Gasteiger charge is -2.15. The maximum Gasteiger partial charge on any atom is 0.249 e. The third-order valence-electron chi connectivity index (χ3n) is 4.62. The lowest BCUT2D eigenvalue weighted by Crippen LogP contribution is -2.09. The zero-order valence-electron chi connectivity index (χ0n) is 14.2. The fourth-order valence-electron chi connectivity index (χ4n) is 3.34. The molecule has 2 aliphatic rings. The highest BCUT2D eigenvalue weighted by molar-refractivity contribution is 7.16. The SMILES string of the molecule is N#Cc1c(NC(=O)/C=C/C2=Cc3ccccc3OC2)sc2c1CCCC2. The zero-order valence-corrected chi connectivity index (χ0v) is 15.1. The van der Waals surface area contributed by atoms with Gasteiger partial charge in [-0.05, 0) is 49.0 Å². The summed E-state index contributed by atoms with van der Waals surface area (Å²) in [4.78, 5) is 13.6. The number of thiophene rings is 1. The first-order chi connectivity index (χ1) is 12.7. The standard InChI is InChI=1S/C21H18N2O2S/c22-12-17-16-6-2-4-8-19(16)26-21(17)23-20(24)10-9-14-11-15-5-1-3-7-18(15)25-13-14/h1,3,5,7,9-11H,2,4,6,8,13H2,(H,23,24)/b10-9+. The molecule has 0 fully saturated rings. The molecule has 5 heteroatoms. The van der Waals surface area contributed by atoms with Gasteiger partial charge in [0.15, 0.2) is 0 Å². The highest BCUT2D eigenvalue weighted by Crippen LogP contribution is 2.37. The Balaban J connectivity index is 1.48. The number of ether oxygens (including phenoxy) is 1. The van der Waals surface area contributed by atoms with Gasteiger partial charge in [0.25, 0.3) is 0 Å². The van der Waals surface area contributed by atoms with Crippen LogP contribution in [-0.4, -0.2) is 12.5 Å². The second kappa shape index (κ2) is 7.19. The first kappa shape index (κ1) is 16.6. The number of hydrogen-bond donors (Lipinski definition) is 1. The average molecular weight is 362 g/mol. The lowest BCUT2D eigenvalue weighted by atomic mass is 9.96. The number of amides is 1. The molecule has 0 radical (unpaired) electrons. The van der Waals surface area contributed by atoms with Gasteiger partial charge in [-0.25, -0.2) is 0 Å². The number of rotatable bonds is 3. The largest absolute Gasteiger partial charge is 0.488 e. The van der Waals surface area contributed by atoms with Crippen LogP contribution in [0.2, 0.25) is 0 Å². The molecule has 2 heterocycles. The molecule has 4 rings (SSSR count). The molecule has 0 saturated heterocycles. The second-order valence-electron chi connectivity index (χ2n) is 6.40. The number of fused-ring (bicyclic) bond motifs is 2. The molecule has 1 amide bonds. The van der Waals surface area contributed by atoms with Crippen molar-refractivity contribution in [3.8, 4) is 11.8 Å². The van der Waals surface area contributed by atoms with Crippen molar-refractivity contribution in [2.24, 2.45) is 0 Å². The summed E-state index contributed by atoms with van der Waals surface area (Å²) in [6.45, 7) is 0.442. The molecule has 0 atom stereocenters. The van der Waals surface area contributed by atoms with E-state index in [4.69, 9.17) is 4.74 Å². The highest BCUT2D eigenvalue weighted by Gasteiger charge is 2.21. The molecule has 1 aliphatic carbocycles. The third kappa shape index (κ3) is 3.29. The summed E-state index contributed by atoms with van der Waals surface area (Å²) in [6, 6.07) is 10.1. The Bertz CT molecular complexity index is 963. The Morgan fingerprint density at radius 1 is 1.27 bits per heavy atom. The molecule has 130 valence electrons. The molecule has 1 aliphatic heterocycles. The van der Waals surface area contributed by atoms with Gasteiger partial charge in [-0.3, -0.25) is 4.79 Å². The number of nitrogens with zero attached hydrogens (tertiary/aromatic N) is 1. The number of carbonyl (C=O) groups excluding carboxylic acids is 1. The van der Waals surface area contributed by atoms with Gasteiger partial charge in [0.2, 0.25) is 5.91 Å². The summed E-state index contributed by atoms with van der Waals surface area (Å²) in [5.74, 6) is 0.636. The first-order valence-corrected chi connectivity index (χ1v) is 9.52. The minimum absolute atomic E-state index is 0.222. The van der Waals surface area contributed by atoms with Crippen LogP contribution < -0.4 is 10.1 Å². The summed E-state index contributed by atoms with van der Waals surface area (Å²) in [6.07, 6.45) is 9.50. The molecule has 1 aromatic carbocycles. The fraction of sp³-hybridized carbons (Fsp3) is 0.238. The van der Waals surface area contributed by atoms with E-state index in [0.29, 0.717) is 17.2 Å². The van der Waals surface area contributed by atoms with Crippen molar-refractivity contribution < 1.29 is 9.53 Å². The van der Waals surface area contributed by atoms with E-state index in [1.165, 1.54) is 22.3 Å². The quantitative estimate of drug-likeness (QED) is 0.820. The van der Waals surface area contributed by atoms with E-state index in [0.717, 1.165) is 48.1 Å². The highest BCUT2D eigenvalue weighted by atomic mass is 32.1. The topological polar surface area (TPSA) is 62.1 Å². The van der Waals surface area contributed by atoms with Crippen molar-refractivity contribution in [2.45, 2.75) is 25.7 Å². The van der Waals surface area contributed by atoms with E-state index in [9.17, 15) is 10.1 Å². The summed E-state index contributed by atoms with van der Waals surface area (Å²) in [7, 11) is 0. The fourth-order valence-corrected chi connectivity index (χ4v) is 4.58. The summed E-state index contributed by atoms with van der Waals surface area (Å²) in [5, 5.41) is 13.0. The summed E-state index contributed by atoms with van der Waals surface area (Å²) in [5.41, 5.74) is 3.71. The van der Waals surface area contributed by atoms with E-state index >= 15 is 0 Å². The molecule has 0 spiro atoms. The van der Waals surface area contributed by atoms with E-state index in [-0.39, 0.29) is 5.91 Å². The van der Waals surface area contributed by atoms with Gasteiger partial charge in [0.1, 0.15) is 23.4 Å². The van der Waals surface area contributed by atoms with Gasteiger partial charge >= 0.3 is 0 Å². The van der Waals surface area contributed by atoms with Crippen LogP contribution in [0.3, 0.4) is 0 Å². The summed E-state index contributed by atoms with van der Waals surface area (Å²) < 4.78 is 5.69.